The van der Waals surface area contributed by atoms with Gasteiger partial charge in [0.25, 0.3) is 0 Å². The molecule has 1 heterocycles. The van der Waals surface area contributed by atoms with Crippen molar-refractivity contribution >= 4 is 22.6 Å². The number of carbonyl (C=O) groups is 1. The molecule has 0 spiro atoms. The summed E-state index contributed by atoms with van der Waals surface area (Å²) < 4.78 is 0. The summed E-state index contributed by atoms with van der Waals surface area (Å²) in [4.78, 5) is 19.3. The highest BCUT2D eigenvalue weighted by Gasteiger charge is 2.50. The lowest BCUT2D eigenvalue weighted by Crippen LogP contribution is -2.22. The fraction of sp³-hybridized carbons (Fsp3) is 0.308. The Balaban J connectivity index is 1.87. The van der Waals surface area contributed by atoms with Crippen LogP contribution in [-0.2, 0) is 4.79 Å². The molecule has 0 bridgehead atoms. The summed E-state index contributed by atoms with van der Waals surface area (Å²) in [6.45, 7) is 1.88. The lowest BCUT2D eigenvalue weighted by atomic mass is 10.1. The molecule has 0 unspecified atom stereocenters. The Morgan fingerprint density at radius 2 is 2.33 bits per heavy atom. The van der Waals surface area contributed by atoms with Crippen LogP contribution in [0.2, 0.25) is 0 Å². The van der Waals surface area contributed by atoms with Crippen LogP contribution < -0.4 is 5.32 Å². The average molecular weight is 240 g/mol. The van der Waals surface area contributed by atoms with Crippen LogP contribution in [0.15, 0.2) is 18.2 Å². The Morgan fingerprint density at radius 1 is 1.56 bits per heavy atom. The molecular weight excluding hydrogens is 228 g/mol. The number of anilines is 1. The number of aromatic nitrogens is 2. The number of rotatable bonds is 2. The third kappa shape index (κ3) is 1.63. The van der Waals surface area contributed by atoms with E-state index >= 15 is 0 Å². The predicted octanol–water partition coefficient (Wildman–Crippen LogP) is 2.11. The van der Waals surface area contributed by atoms with Crippen molar-refractivity contribution in [3.05, 3.63) is 24.0 Å². The van der Waals surface area contributed by atoms with E-state index in [1.54, 1.807) is 6.07 Å². The smallest absolute Gasteiger partial charge is 0.244 e. The lowest BCUT2D eigenvalue weighted by Gasteiger charge is -2.07. The summed E-state index contributed by atoms with van der Waals surface area (Å²) >= 11 is 0. The summed E-state index contributed by atoms with van der Waals surface area (Å²) in [6.07, 6.45) is 1.31. The zero-order chi connectivity index (χ0) is 12.8. The SMILES string of the molecule is Cc1nc2ccc(NC(=O)C3(C#N)CC3)cc2[nH]1. The van der Waals surface area contributed by atoms with Crippen molar-refractivity contribution in [2.45, 2.75) is 19.8 Å². The number of carbonyl (C=O) groups excluding carboxylic acids is 1. The van der Waals surface area contributed by atoms with E-state index in [4.69, 9.17) is 5.26 Å². The van der Waals surface area contributed by atoms with E-state index in [1.807, 2.05) is 19.1 Å². The first kappa shape index (κ1) is 10.8. The Hall–Kier alpha value is -2.35. The molecule has 18 heavy (non-hydrogen) atoms. The van der Waals surface area contributed by atoms with Gasteiger partial charge >= 0.3 is 0 Å². The maximum absolute atomic E-state index is 11.9. The van der Waals surface area contributed by atoms with Crippen LogP contribution in [0.5, 0.6) is 0 Å². The van der Waals surface area contributed by atoms with Crippen molar-refractivity contribution in [3.8, 4) is 6.07 Å². The second-order valence-electron chi connectivity index (χ2n) is 4.70. The van der Waals surface area contributed by atoms with Crippen LogP contribution in [0.3, 0.4) is 0 Å². The molecule has 0 aliphatic heterocycles. The van der Waals surface area contributed by atoms with E-state index in [9.17, 15) is 4.79 Å². The molecule has 2 aromatic rings. The number of hydrogen-bond acceptors (Lipinski definition) is 3. The second kappa shape index (κ2) is 3.57. The Bertz CT molecular complexity index is 676. The second-order valence-corrected chi connectivity index (χ2v) is 4.70. The lowest BCUT2D eigenvalue weighted by molar-refractivity contribution is -0.119. The topological polar surface area (TPSA) is 81.6 Å². The maximum Gasteiger partial charge on any atom is 0.244 e. The molecule has 1 aliphatic rings. The van der Waals surface area contributed by atoms with Crippen LogP contribution in [0.4, 0.5) is 5.69 Å². The molecule has 5 heteroatoms. The van der Waals surface area contributed by atoms with Crippen LogP contribution in [0, 0.1) is 23.7 Å². The minimum absolute atomic E-state index is 0.208. The molecule has 1 aromatic heterocycles. The van der Waals surface area contributed by atoms with Gasteiger partial charge in [0, 0.05) is 5.69 Å². The number of aryl methyl sites for hydroxylation is 1. The molecule has 3 rings (SSSR count). The van der Waals surface area contributed by atoms with Gasteiger partial charge in [-0.1, -0.05) is 0 Å². The van der Waals surface area contributed by atoms with E-state index in [0.29, 0.717) is 18.5 Å². The van der Waals surface area contributed by atoms with Crippen molar-refractivity contribution in [2.75, 3.05) is 5.32 Å². The summed E-state index contributed by atoms with van der Waals surface area (Å²) in [7, 11) is 0. The van der Waals surface area contributed by atoms with Crippen molar-refractivity contribution in [1.29, 1.82) is 5.26 Å². The Labute approximate surface area is 104 Å². The summed E-state index contributed by atoms with van der Waals surface area (Å²) in [5, 5.41) is 11.7. The normalized spacial score (nSPS) is 16.2. The Kier molecular flexibility index (Phi) is 2.14. The number of fused-ring (bicyclic) bond motifs is 1. The Morgan fingerprint density at radius 3 is 3.00 bits per heavy atom. The molecule has 0 atom stereocenters. The van der Waals surface area contributed by atoms with E-state index in [-0.39, 0.29) is 5.91 Å². The summed E-state index contributed by atoms with van der Waals surface area (Å²) in [5.74, 6) is 0.629. The summed E-state index contributed by atoms with van der Waals surface area (Å²) in [5.41, 5.74) is 1.65. The van der Waals surface area contributed by atoms with E-state index in [2.05, 4.69) is 21.4 Å². The predicted molar refractivity (Wildman–Crippen MR) is 66.7 cm³/mol. The number of aromatic amines is 1. The first-order chi connectivity index (χ1) is 8.63. The first-order valence-corrected chi connectivity index (χ1v) is 5.82. The van der Waals surface area contributed by atoms with Crippen LogP contribution in [0.25, 0.3) is 11.0 Å². The molecule has 5 nitrogen and oxygen atoms in total. The standard InChI is InChI=1S/C13H12N4O/c1-8-15-10-3-2-9(6-11(10)16-8)17-12(18)13(7-14)4-5-13/h2-3,6H,4-5H2,1H3,(H,15,16)(H,17,18). The number of H-pyrrole nitrogens is 1. The zero-order valence-corrected chi connectivity index (χ0v) is 9.95. The number of imidazole rings is 1. The number of amides is 1. The van der Waals surface area contributed by atoms with Crippen LogP contribution in [0.1, 0.15) is 18.7 Å². The van der Waals surface area contributed by atoms with Crippen molar-refractivity contribution in [3.63, 3.8) is 0 Å². The quantitative estimate of drug-likeness (QED) is 0.843. The average Bonchev–Trinajstić information content (AvgIpc) is 3.06. The first-order valence-electron chi connectivity index (χ1n) is 5.82. The van der Waals surface area contributed by atoms with Crippen molar-refractivity contribution in [1.82, 2.24) is 9.97 Å². The molecule has 1 fully saturated rings. The highest BCUT2D eigenvalue weighted by molar-refractivity contribution is 6.00. The van der Waals surface area contributed by atoms with Gasteiger partial charge in [0.2, 0.25) is 5.91 Å². The molecule has 0 saturated heterocycles. The van der Waals surface area contributed by atoms with Gasteiger partial charge in [-0.3, -0.25) is 4.79 Å². The molecular formula is C13H12N4O. The highest BCUT2D eigenvalue weighted by atomic mass is 16.2. The molecule has 1 aliphatic carbocycles. The van der Waals surface area contributed by atoms with Crippen LogP contribution in [-0.4, -0.2) is 15.9 Å². The van der Waals surface area contributed by atoms with Gasteiger partial charge in [-0.15, -0.1) is 0 Å². The zero-order valence-electron chi connectivity index (χ0n) is 9.95. The van der Waals surface area contributed by atoms with Gasteiger partial charge in [-0.25, -0.2) is 4.98 Å². The third-order valence-corrected chi connectivity index (χ3v) is 3.26. The molecule has 0 radical (unpaired) electrons. The van der Waals surface area contributed by atoms with Gasteiger partial charge in [0.15, 0.2) is 0 Å². The molecule has 2 N–H and O–H groups in total. The fourth-order valence-corrected chi connectivity index (χ4v) is 1.98. The van der Waals surface area contributed by atoms with Gasteiger partial charge in [-0.2, -0.15) is 5.26 Å². The van der Waals surface area contributed by atoms with Gasteiger partial charge in [0.1, 0.15) is 11.2 Å². The summed E-state index contributed by atoms with van der Waals surface area (Å²) in [6, 6.07) is 7.56. The number of nitrogens with zero attached hydrogens (tertiary/aromatic N) is 2. The van der Waals surface area contributed by atoms with Gasteiger partial charge < -0.3 is 10.3 Å². The van der Waals surface area contributed by atoms with E-state index in [1.165, 1.54) is 0 Å². The monoisotopic (exact) mass is 240 g/mol. The van der Waals surface area contributed by atoms with E-state index < -0.39 is 5.41 Å². The van der Waals surface area contributed by atoms with Crippen molar-refractivity contribution in [2.24, 2.45) is 5.41 Å². The molecule has 1 saturated carbocycles. The largest absolute Gasteiger partial charge is 0.342 e. The number of benzene rings is 1. The molecule has 90 valence electrons. The van der Waals surface area contributed by atoms with Gasteiger partial charge in [0.05, 0.1) is 17.1 Å². The third-order valence-electron chi connectivity index (χ3n) is 3.26. The molecule has 1 aromatic carbocycles. The number of nitriles is 1. The maximum atomic E-state index is 11.9. The minimum Gasteiger partial charge on any atom is -0.342 e. The highest BCUT2D eigenvalue weighted by Crippen LogP contribution is 2.45. The van der Waals surface area contributed by atoms with Crippen molar-refractivity contribution < 1.29 is 4.79 Å². The molecule has 1 amide bonds. The number of hydrogen-bond donors (Lipinski definition) is 2. The fourth-order valence-electron chi connectivity index (χ4n) is 1.98. The van der Waals surface area contributed by atoms with Gasteiger partial charge in [-0.05, 0) is 38.0 Å². The minimum atomic E-state index is -0.793. The van der Waals surface area contributed by atoms with E-state index in [0.717, 1.165) is 16.9 Å². The van der Waals surface area contributed by atoms with Crippen LogP contribution >= 0.6 is 0 Å². The number of nitrogens with one attached hydrogen (secondary N) is 2.